The monoisotopic (exact) mass is 189 g/mol. The van der Waals surface area contributed by atoms with Crippen LogP contribution in [-0.4, -0.2) is 28.1 Å². The van der Waals surface area contributed by atoms with Crippen LogP contribution in [0, 0.1) is 5.41 Å². The molecule has 1 saturated heterocycles. The quantitative estimate of drug-likeness (QED) is 0.644. The van der Waals surface area contributed by atoms with Gasteiger partial charge in [-0.05, 0) is 17.6 Å². The second-order valence-corrected chi connectivity index (χ2v) is 5.28. The molecule has 0 aromatic carbocycles. The molecule has 1 fully saturated rings. The van der Waals surface area contributed by atoms with E-state index in [1.165, 1.54) is 0 Å². The van der Waals surface area contributed by atoms with Crippen LogP contribution in [0.2, 0.25) is 0 Å². The van der Waals surface area contributed by atoms with Crippen LogP contribution in [0.3, 0.4) is 0 Å². The van der Waals surface area contributed by atoms with Crippen LogP contribution in [0.5, 0.6) is 0 Å². The summed E-state index contributed by atoms with van der Waals surface area (Å²) in [5.41, 5.74) is 4.80. The summed E-state index contributed by atoms with van der Waals surface area (Å²) in [5, 5.41) is 8.89. The van der Waals surface area contributed by atoms with Gasteiger partial charge in [-0.15, -0.1) is 0 Å². The zero-order valence-electron chi connectivity index (χ0n) is 7.46. The zero-order valence-corrected chi connectivity index (χ0v) is 8.28. The predicted octanol–water partition coefficient (Wildman–Crippen LogP) is 0.932. The summed E-state index contributed by atoms with van der Waals surface area (Å²) in [6.45, 7) is 4.12. The lowest BCUT2D eigenvalue weighted by Gasteiger charge is -2.39. The maximum Gasteiger partial charge on any atom is 0.324 e. The third kappa shape index (κ3) is 1.93. The van der Waals surface area contributed by atoms with Crippen LogP contribution in [-0.2, 0) is 4.79 Å². The van der Waals surface area contributed by atoms with Crippen molar-refractivity contribution in [3.8, 4) is 0 Å². The normalized spacial score (nSPS) is 34.6. The summed E-state index contributed by atoms with van der Waals surface area (Å²) in [6, 6.07) is 0. The fourth-order valence-electron chi connectivity index (χ4n) is 1.60. The second-order valence-electron chi connectivity index (χ2n) is 4.30. The average molecular weight is 189 g/mol. The van der Waals surface area contributed by atoms with Gasteiger partial charge in [0.25, 0.3) is 0 Å². The maximum atomic E-state index is 10.8. The lowest BCUT2D eigenvalue weighted by molar-refractivity contribution is -0.143. The van der Waals surface area contributed by atoms with E-state index in [0.29, 0.717) is 12.2 Å². The summed E-state index contributed by atoms with van der Waals surface area (Å²) in [6.07, 6.45) is 0.572. The molecule has 0 amide bonds. The van der Waals surface area contributed by atoms with Crippen LogP contribution in [0.1, 0.15) is 20.3 Å². The van der Waals surface area contributed by atoms with Gasteiger partial charge in [-0.3, -0.25) is 4.79 Å². The van der Waals surface area contributed by atoms with Gasteiger partial charge in [0, 0.05) is 5.75 Å². The van der Waals surface area contributed by atoms with Crippen molar-refractivity contribution in [2.75, 3.05) is 11.5 Å². The lowest BCUT2D eigenvalue weighted by atomic mass is 9.80. The van der Waals surface area contributed by atoms with Crippen molar-refractivity contribution in [2.24, 2.45) is 11.1 Å². The predicted molar refractivity (Wildman–Crippen MR) is 50.3 cm³/mol. The molecule has 4 heteroatoms. The molecule has 0 bridgehead atoms. The van der Waals surface area contributed by atoms with Crippen molar-refractivity contribution in [1.82, 2.24) is 0 Å². The van der Waals surface area contributed by atoms with E-state index in [4.69, 9.17) is 10.8 Å². The molecule has 3 nitrogen and oxygen atoms in total. The molecular weight excluding hydrogens is 174 g/mol. The zero-order chi connectivity index (χ0) is 9.41. The highest BCUT2D eigenvalue weighted by Crippen LogP contribution is 2.37. The number of aliphatic carboxylic acids is 1. The molecule has 1 atom stereocenters. The first-order valence-electron chi connectivity index (χ1n) is 3.96. The van der Waals surface area contributed by atoms with Gasteiger partial charge in [0.15, 0.2) is 0 Å². The SMILES string of the molecule is CC1(C)CSCC(N)(C(=O)O)C1. The molecule has 70 valence electrons. The minimum Gasteiger partial charge on any atom is -0.480 e. The number of carbonyl (C=O) groups is 1. The first-order valence-corrected chi connectivity index (χ1v) is 5.11. The first kappa shape index (κ1) is 9.86. The largest absolute Gasteiger partial charge is 0.480 e. The molecule has 12 heavy (non-hydrogen) atoms. The van der Waals surface area contributed by atoms with Crippen LogP contribution < -0.4 is 5.73 Å². The molecular formula is C8H15NO2S. The van der Waals surface area contributed by atoms with E-state index in [2.05, 4.69) is 13.8 Å². The second kappa shape index (κ2) is 2.92. The fraction of sp³-hybridized carbons (Fsp3) is 0.875. The van der Waals surface area contributed by atoms with Crippen LogP contribution in [0.25, 0.3) is 0 Å². The van der Waals surface area contributed by atoms with Gasteiger partial charge in [0.2, 0.25) is 0 Å². The summed E-state index contributed by atoms with van der Waals surface area (Å²) in [4.78, 5) is 10.8. The van der Waals surface area contributed by atoms with Gasteiger partial charge in [-0.25, -0.2) is 0 Å². The summed E-state index contributed by atoms with van der Waals surface area (Å²) >= 11 is 1.63. The maximum absolute atomic E-state index is 10.8. The van der Waals surface area contributed by atoms with Gasteiger partial charge in [-0.1, -0.05) is 13.8 Å². The van der Waals surface area contributed by atoms with Crippen molar-refractivity contribution in [1.29, 1.82) is 0 Å². The Morgan fingerprint density at radius 3 is 2.42 bits per heavy atom. The molecule has 0 radical (unpaired) electrons. The number of thioether (sulfide) groups is 1. The number of hydrogen-bond donors (Lipinski definition) is 2. The van der Waals surface area contributed by atoms with E-state index < -0.39 is 11.5 Å². The molecule has 1 aliphatic heterocycles. The molecule has 0 saturated carbocycles. The summed E-state index contributed by atoms with van der Waals surface area (Å²) in [7, 11) is 0. The molecule has 1 aliphatic rings. The van der Waals surface area contributed by atoms with Gasteiger partial charge in [0.1, 0.15) is 5.54 Å². The minimum atomic E-state index is -1.01. The summed E-state index contributed by atoms with van der Waals surface area (Å²) < 4.78 is 0. The fourth-order valence-corrected chi connectivity index (χ4v) is 2.95. The Balaban J connectivity index is 2.74. The molecule has 3 N–H and O–H groups in total. The van der Waals surface area contributed by atoms with E-state index in [1.807, 2.05) is 0 Å². The lowest BCUT2D eigenvalue weighted by Crippen LogP contribution is -2.55. The van der Waals surface area contributed by atoms with E-state index in [0.717, 1.165) is 5.75 Å². The van der Waals surface area contributed by atoms with Crippen molar-refractivity contribution >= 4 is 17.7 Å². The van der Waals surface area contributed by atoms with Gasteiger partial charge < -0.3 is 10.8 Å². The highest BCUT2D eigenvalue weighted by atomic mass is 32.2. The molecule has 0 aromatic heterocycles. The molecule has 0 aliphatic carbocycles. The minimum absolute atomic E-state index is 0.0516. The molecule has 1 rings (SSSR count). The highest BCUT2D eigenvalue weighted by molar-refractivity contribution is 7.99. The number of carboxylic acids is 1. The van der Waals surface area contributed by atoms with E-state index in [1.54, 1.807) is 11.8 Å². The Labute approximate surface area is 76.7 Å². The molecule has 1 unspecified atom stereocenters. The third-order valence-electron chi connectivity index (χ3n) is 2.07. The standard InChI is InChI=1S/C8H15NO2S/c1-7(2)3-8(9,6(10)11)5-12-4-7/h3-5,9H2,1-2H3,(H,10,11). The van der Waals surface area contributed by atoms with Crippen molar-refractivity contribution < 1.29 is 9.90 Å². The van der Waals surface area contributed by atoms with Crippen LogP contribution in [0.15, 0.2) is 0 Å². The number of carboxylic acid groups (broad SMARTS) is 1. The Morgan fingerprint density at radius 1 is 1.50 bits per heavy atom. The van der Waals surface area contributed by atoms with Gasteiger partial charge in [0.05, 0.1) is 0 Å². The van der Waals surface area contributed by atoms with E-state index in [-0.39, 0.29) is 5.41 Å². The molecule has 0 aromatic rings. The van der Waals surface area contributed by atoms with E-state index in [9.17, 15) is 4.79 Å². The topological polar surface area (TPSA) is 63.3 Å². The van der Waals surface area contributed by atoms with Crippen molar-refractivity contribution in [3.05, 3.63) is 0 Å². The number of hydrogen-bond acceptors (Lipinski definition) is 3. The average Bonchev–Trinajstić information content (AvgIpc) is 1.83. The smallest absolute Gasteiger partial charge is 0.324 e. The first-order chi connectivity index (χ1) is 5.36. The van der Waals surface area contributed by atoms with Gasteiger partial charge in [-0.2, -0.15) is 11.8 Å². The third-order valence-corrected chi connectivity index (χ3v) is 3.78. The van der Waals surface area contributed by atoms with Crippen LogP contribution in [0.4, 0.5) is 0 Å². The van der Waals surface area contributed by atoms with Crippen LogP contribution >= 0.6 is 11.8 Å². The molecule has 1 heterocycles. The summed E-state index contributed by atoms with van der Waals surface area (Å²) in [5.74, 6) is 0.660. The van der Waals surface area contributed by atoms with Crippen molar-refractivity contribution in [2.45, 2.75) is 25.8 Å². The highest BCUT2D eigenvalue weighted by Gasteiger charge is 2.43. The van der Waals surface area contributed by atoms with Crippen molar-refractivity contribution in [3.63, 3.8) is 0 Å². The van der Waals surface area contributed by atoms with Gasteiger partial charge >= 0.3 is 5.97 Å². The van der Waals surface area contributed by atoms with E-state index >= 15 is 0 Å². The Morgan fingerprint density at radius 2 is 2.08 bits per heavy atom. The Hall–Kier alpha value is -0.220. The Bertz CT molecular complexity index is 205. The number of rotatable bonds is 1. The number of nitrogens with two attached hydrogens (primary N) is 1. The molecule has 0 spiro atoms. The Kier molecular flexibility index (Phi) is 2.40.